The van der Waals surface area contributed by atoms with Crippen LogP contribution in [0.1, 0.15) is 56.8 Å². The van der Waals surface area contributed by atoms with Gasteiger partial charge in [0, 0.05) is 43.7 Å². The number of fused-ring (bicyclic) bond motifs is 1. The summed E-state index contributed by atoms with van der Waals surface area (Å²) in [5.74, 6) is 0.735. The van der Waals surface area contributed by atoms with Crippen molar-refractivity contribution in [3.63, 3.8) is 0 Å². The van der Waals surface area contributed by atoms with Gasteiger partial charge in [-0.1, -0.05) is 20.8 Å². The summed E-state index contributed by atoms with van der Waals surface area (Å²) in [5.41, 5.74) is 0.551. The molecule has 3 aliphatic rings. The van der Waals surface area contributed by atoms with Crippen molar-refractivity contribution >= 4 is 11.8 Å². The van der Waals surface area contributed by atoms with Gasteiger partial charge in [-0.15, -0.1) is 0 Å². The zero-order valence-corrected chi connectivity index (χ0v) is 17.1. The maximum absolute atomic E-state index is 12.7. The number of rotatable bonds is 5. The Kier molecular flexibility index (Phi) is 4.94. The van der Waals surface area contributed by atoms with Crippen LogP contribution in [0.5, 0.6) is 0 Å². The Labute approximate surface area is 167 Å². The molecule has 0 saturated carbocycles. The average Bonchev–Trinajstić information content (AvgIpc) is 3.32. The molecule has 152 valence electrons. The summed E-state index contributed by atoms with van der Waals surface area (Å²) in [5, 5.41) is 3.06. The Balaban J connectivity index is 1.37. The predicted octanol–water partition coefficient (Wildman–Crippen LogP) is 2.64. The first kappa shape index (κ1) is 19.4. The summed E-state index contributed by atoms with van der Waals surface area (Å²) < 4.78 is 6.40. The number of nitrogens with zero attached hydrogens (tertiary/aromatic N) is 2. The van der Waals surface area contributed by atoms with E-state index in [2.05, 4.69) is 31.1 Å². The lowest BCUT2D eigenvalue weighted by molar-refractivity contribution is -0.132. The monoisotopic (exact) mass is 385 g/mol. The van der Waals surface area contributed by atoms with Gasteiger partial charge in [-0.25, -0.2) is 0 Å². The van der Waals surface area contributed by atoms with Crippen molar-refractivity contribution in [2.75, 3.05) is 19.6 Å². The van der Waals surface area contributed by atoms with E-state index in [0.717, 1.165) is 25.8 Å². The highest BCUT2D eigenvalue weighted by Crippen LogP contribution is 2.54. The molecule has 3 aliphatic heterocycles. The van der Waals surface area contributed by atoms with Crippen molar-refractivity contribution in [2.45, 2.75) is 58.2 Å². The number of carbonyl (C=O) groups is 2. The number of likely N-dealkylation sites (tertiary alicyclic amines) is 1. The molecule has 4 atom stereocenters. The van der Waals surface area contributed by atoms with Crippen molar-refractivity contribution < 1.29 is 14.3 Å². The molecule has 4 heterocycles. The van der Waals surface area contributed by atoms with Gasteiger partial charge in [0.25, 0.3) is 5.91 Å². The number of hydrogen-bond donors (Lipinski definition) is 1. The average molecular weight is 386 g/mol. The van der Waals surface area contributed by atoms with Gasteiger partial charge in [0.1, 0.15) is 0 Å². The Morgan fingerprint density at radius 1 is 1.39 bits per heavy atom. The van der Waals surface area contributed by atoms with Crippen LogP contribution in [0.2, 0.25) is 0 Å². The Morgan fingerprint density at radius 2 is 2.21 bits per heavy atom. The molecule has 1 spiro atoms. The number of aromatic nitrogens is 1. The van der Waals surface area contributed by atoms with Gasteiger partial charge < -0.3 is 15.0 Å². The minimum Gasteiger partial charge on any atom is -0.369 e. The first-order valence-corrected chi connectivity index (χ1v) is 10.4. The van der Waals surface area contributed by atoms with Crippen LogP contribution >= 0.6 is 0 Å². The third-order valence-electron chi connectivity index (χ3n) is 6.65. The van der Waals surface area contributed by atoms with Gasteiger partial charge >= 0.3 is 0 Å². The van der Waals surface area contributed by atoms with Crippen LogP contribution in [0.15, 0.2) is 24.5 Å². The van der Waals surface area contributed by atoms with E-state index >= 15 is 0 Å². The fraction of sp³-hybridized carbons (Fsp3) is 0.682. The van der Waals surface area contributed by atoms with Crippen molar-refractivity contribution in [1.82, 2.24) is 15.2 Å². The minimum atomic E-state index is -0.189. The smallest absolute Gasteiger partial charge is 0.252 e. The van der Waals surface area contributed by atoms with E-state index in [0.29, 0.717) is 31.0 Å². The summed E-state index contributed by atoms with van der Waals surface area (Å²) in [4.78, 5) is 31.2. The molecule has 1 aromatic heterocycles. The minimum absolute atomic E-state index is 0.0963. The van der Waals surface area contributed by atoms with E-state index in [4.69, 9.17) is 4.74 Å². The lowest BCUT2D eigenvalue weighted by Gasteiger charge is -2.29. The molecule has 3 saturated heterocycles. The highest BCUT2D eigenvalue weighted by molar-refractivity contribution is 5.93. The number of nitrogens with one attached hydrogen (secondary N) is 1. The Bertz CT molecular complexity index is 745. The van der Waals surface area contributed by atoms with Crippen molar-refractivity contribution in [3.8, 4) is 0 Å². The zero-order chi connectivity index (χ0) is 19.9. The Morgan fingerprint density at radius 3 is 2.93 bits per heavy atom. The molecule has 0 aromatic carbocycles. The first-order chi connectivity index (χ1) is 13.3. The lowest BCUT2D eigenvalue weighted by atomic mass is 9.73. The van der Waals surface area contributed by atoms with Crippen molar-refractivity contribution in [2.24, 2.45) is 17.3 Å². The van der Waals surface area contributed by atoms with Crippen LogP contribution in [0.25, 0.3) is 0 Å². The molecule has 0 radical (unpaired) electrons. The maximum atomic E-state index is 12.7. The van der Waals surface area contributed by atoms with Gasteiger partial charge in [-0.2, -0.15) is 0 Å². The molecule has 3 fully saturated rings. The van der Waals surface area contributed by atoms with E-state index in [1.807, 2.05) is 4.90 Å². The van der Waals surface area contributed by atoms with Crippen molar-refractivity contribution in [1.29, 1.82) is 0 Å². The Hall–Kier alpha value is -1.95. The number of amides is 2. The van der Waals surface area contributed by atoms with Gasteiger partial charge in [0.15, 0.2) is 0 Å². The van der Waals surface area contributed by atoms with Crippen LogP contribution in [0.4, 0.5) is 0 Å². The molecule has 6 heteroatoms. The summed E-state index contributed by atoms with van der Waals surface area (Å²) in [6.45, 7) is 8.57. The summed E-state index contributed by atoms with van der Waals surface area (Å²) >= 11 is 0. The van der Waals surface area contributed by atoms with E-state index in [1.54, 1.807) is 24.5 Å². The van der Waals surface area contributed by atoms with Crippen LogP contribution in [0.3, 0.4) is 0 Å². The normalized spacial score (nSPS) is 31.1. The van der Waals surface area contributed by atoms with E-state index in [9.17, 15) is 9.59 Å². The van der Waals surface area contributed by atoms with Gasteiger partial charge in [0.2, 0.25) is 5.91 Å². The molecule has 0 aliphatic carbocycles. The van der Waals surface area contributed by atoms with Crippen LogP contribution in [-0.2, 0) is 9.53 Å². The standard InChI is InChI=1S/C22H31N3O3/c1-21(2,3)8-7-19(26)25-13-17-16(18-6-9-22(17,14-25)28-18)12-24-20(27)15-5-4-10-23-11-15/h4-5,10-11,16-18H,6-9,12-14H2,1-3H3,(H,24,27)/t16-,17+,18+,22+/m0/s1. The molecule has 4 rings (SSSR count). The van der Waals surface area contributed by atoms with Crippen LogP contribution in [0, 0.1) is 17.3 Å². The predicted molar refractivity (Wildman–Crippen MR) is 106 cm³/mol. The second-order valence-corrected chi connectivity index (χ2v) is 9.82. The van der Waals surface area contributed by atoms with E-state index in [1.165, 1.54) is 0 Å². The second-order valence-electron chi connectivity index (χ2n) is 9.82. The van der Waals surface area contributed by atoms with E-state index < -0.39 is 0 Å². The topological polar surface area (TPSA) is 71.5 Å². The van der Waals surface area contributed by atoms with Crippen molar-refractivity contribution in [3.05, 3.63) is 30.1 Å². The molecule has 2 amide bonds. The van der Waals surface area contributed by atoms with Gasteiger partial charge in [-0.05, 0) is 36.8 Å². The summed E-state index contributed by atoms with van der Waals surface area (Å²) in [7, 11) is 0. The number of ether oxygens (including phenoxy) is 1. The molecular formula is C22H31N3O3. The molecule has 0 unspecified atom stereocenters. The van der Waals surface area contributed by atoms with Crippen LogP contribution < -0.4 is 5.32 Å². The molecule has 6 nitrogen and oxygen atoms in total. The summed E-state index contributed by atoms with van der Waals surface area (Å²) in [6, 6.07) is 3.54. The highest BCUT2D eigenvalue weighted by atomic mass is 16.5. The number of carbonyl (C=O) groups excluding carboxylic acids is 2. The molecular weight excluding hydrogens is 354 g/mol. The fourth-order valence-corrected chi connectivity index (χ4v) is 5.10. The molecule has 2 bridgehead atoms. The third-order valence-corrected chi connectivity index (χ3v) is 6.65. The lowest BCUT2D eigenvalue weighted by Crippen LogP contribution is -2.41. The second kappa shape index (κ2) is 7.14. The molecule has 28 heavy (non-hydrogen) atoms. The SMILES string of the molecule is CC(C)(C)CCC(=O)N1C[C@@H]2[C@H](CNC(=O)c3cccnc3)[C@H]3CC[C@]2(C1)O3. The highest BCUT2D eigenvalue weighted by Gasteiger charge is 2.63. The quantitative estimate of drug-likeness (QED) is 0.846. The van der Waals surface area contributed by atoms with E-state index in [-0.39, 0.29) is 34.9 Å². The number of pyridine rings is 1. The summed E-state index contributed by atoms with van der Waals surface area (Å²) in [6.07, 6.45) is 6.98. The zero-order valence-electron chi connectivity index (χ0n) is 17.1. The first-order valence-electron chi connectivity index (χ1n) is 10.4. The van der Waals surface area contributed by atoms with Crippen LogP contribution in [-0.4, -0.2) is 53.0 Å². The van der Waals surface area contributed by atoms with Gasteiger partial charge in [0.05, 0.1) is 23.8 Å². The largest absolute Gasteiger partial charge is 0.369 e. The molecule has 1 aromatic rings. The number of hydrogen-bond acceptors (Lipinski definition) is 4. The fourth-order valence-electron chi connectivity index (χ4n) is 5.10. The van der Waals surface area contributed by atoms with Gasteiger partial charge in [-0.3, -0.25) is 14.6 Å². The third kappa shape index (κ3) is 3.66. The maximum Gasteiger partial charge on any atom is 0.252 e. The molecule has 1 N–H and O–H groups in total.